The molecule has 0 aliphatic carbocycles. The van der Waals surface area contributed by atoms with Gasteiger partial charge in [0.25, 0.3) is 0 Å². The van der Waals surface area contributed by atoms with Crippen molar-refractivity contribution < 1.29 is 0 Å². The lowest BCUT2D eigenvalue weighted by molar-refractivity contribution is 0.876. The summed E-state index contributed by atoms with van der Waals surface area (Å²) < 4.78 is 0. The van der Waals surface area contributed by atoms with Crippen molar-refractivity contribution in [3.8, 4) is 6.07 Å². The van der Waals surface area contributed by atoms with Gasteiger partial charge >= 0.3 is 0 Å². The Balaban J connectivity index is 2.14. The smallest absolute Gasteiger partial charge is 0.133 e. The van der Waals surface area contributed by atoms with E-state index in [0.29, 0.717) is 5.56 Å². The minimum absolute atomic E-state index is 0.641. The molecule has 0 saturated heterocycles. The fourth-order valence-corrected chi connectivity index (χ4v) is 3.42. The second kappa shape index (κ2) is 6.50. The summed E-state index contributed by atoms with van der Waals surface area (Å²) in [5.41, 5.74) is 0.641. The monoisotopic (exact) mass is 289 g/mol. The van der Waals surface area contributed by atoms with Crippen LogP contribution in [-0.2, 0) is 0 Å². The molecule has 0 bridgehead atoms. The lowest BCUT2D eigenvalue weighted by atomic mass is 10.3. The van der Waals surface area contributed by atoms with Crippen LogP contribution in [0.5, 0.6) is 0 Å². The van der Waals surface area contributed by atoms with Gasteiger partial charge in [-0.25, -0.2) is 4.99 Å². The number of aliphatic imine (C=N–C) groups is 1. The van der Waals surface area contributed by atoms with Crippen molar-refractivity contribution in [2.75, 3.05) is 18.0 Å². The summed E-state index contributed by atoms with van der Waals surface area (Å²) in [6.45, 7) is 6.33. The summed E-state index contributed by atoms with van der Waals surface area (Å²) in [6, 6.07) is 8.14. The van der Waals surface area contributed by atoms with Crippen molar-refractivity contribution in [3.05, 3.63) is 34.0 Å². The second-order valence-electron chi connectivity index (χ2n) is 3.86. The summed E-state index contributed by atoms with van der Waals surface area (Å²) in [4.78, 5) is 7.82. The lowest BCUT2D eigenvalue weighted by Crippen LogP contribution is -2.20. The van der Waals surface area contributed by atoms with Crippen molar-refractivity contribution in [1.29, 1.82) is 5.26 Å². The number of hydrogen-bond donors (Lipinski definition) is 0. The molecule has 2 rings (SSSR count). The van der Waals surface area contributed by atoms with Crippen molar-refractivity contribution >= 4 is 38.9 Å². The van der Waals surface area contributed by atoms with Crippen molar-refractivity contribution in [2.24, 2.45) is 4.99 Å². The van der Waals surface area contributed by atoms with Crippen LogP contribution in [0.3, 0.4) is 0 Å². The number of anilines is 1. The van der Waals surface area contributed by atoms with Gasteiger partial charge in [0.05, 0.1) is 10.6 Å². The van der Waals surface area contributed by atoms with E-state index in [4.69, 9.17) is 5.26 Å². The molecule has 0 fully saturated rings. The Hall–Kier alpha value is -1.64. The predicted molar refractivity (Wildman–Crippen MR) is 84.2 cm³/mol. The highest BCUT2D eigenvalue weighted by molar-refractivity contribution is 7.17. The molecule has 5 heteroatoms. The Morgan fingerprint density at radius 3 is 2.79 bits per heavy atom. The fourth-order valence-electron chi connectivity index (χ4n) is 1.73. The zero-order valence-electron chi connectivity index (χ0n) is 11.0. The Bertz CT molecular complexity index is 600. The molecule has 19 heavy (non-hydrogen) atoms. The fraction of sp³-hybridized carbons (Fsp3) is 0.286. The molecule has 0 radical (unpaired) electrons. The van der Waals surface area contributed by atoms with Gasteiger partial charge in [-0.05, 0) is 37.4 Å². The molecule has 0 spiro atoms. The molecular formula is C14H15N3S2. The second-order valence-corrected chi connectivity index (χ2v) is 5.85. The predicted octanol–water partition coefficient (Wildman–Crippen LogP) is 4.28. The van der Waals surface area contributed by atoms with E-state index in [1.807, 2.05) is 11.6 Å². The van der Waals surface area contributed by atoms with E-state index in [1.54, 1.807) is 17.4 Å². The maximum atomic E-state index is 8.92. The third kappa shape index (κ3) is 3.22. The van der Waals surface area contributed by atoms with E-state index in [9.17, 15) is 0 Å². The summed E-state index contributed by atoms with van der Waals surface area (Å²) in [7, 11) is 0. The Morgan fingerprint density at radius 1 is 1.32 bits per heavy atom. The number of rotatable bonds is 5. The first kappa shape index (κ1) is 13.8. The molecule has 0 atom stereocenters. The van der Waals surface area contributed by atoms with E-state index < -0.39 is 0 Å². The van der Waals surface area contributed by atoms with Gasteiger partial charge < -0.3 is 4.90 Å². The van der Waals surface area contributed by atoms with Crippen LogP contribution in [-0.4, -0.2) is 19.3 Å². The molecule has 0 N–H and O–H groups in total. The van der Waals surface area contributed by atoms with Crippen LogP contribution < -0.4 is 4.90 Å². The maximum Gasteiger partial charge on any atom is 0.133 e. The number of nitriles is 1. The average Bonchev–Trinajstić information content (AvgIpc) is 3.06. The van der Waals surface area contributed by atoms with Gasteiger partial charge in [-0.2, -0.15) is 5.26 Å². The van der Waals surface area contributed by atoms with Crippen LogP contribution in [0.25, 0.3) is 0 Å². The normalized spacial score (nSPS) is 10.8. The number of nitrogens with zero attached hydrogens (tertiary/aromatic N) is 3. The van der Waals surface area contributed by atoms with E-state index >= 15 is 0 Å². The Labute approximate surface area is 121 Å². The zero-order chi connectivity index (χ0) is 13.7. The van der Waals surface area contributed by atoms with Gasteiger partial charge in [-0.3, -0.25) is 0 Å². The minimum atomic E-state index is 0.641. The Morgan fingerprint density at radius 2 is 2.11 bits per heavy atom. The number of thiophene rings is 2. The van der Waals surface area contributed by atoms with E-state index in [1.165, 1.54) is 16.3 Å². The van der Waals surface area contributed by atoms with E-state index in [-0.39, 0.29) is 0 Å². The van der Waals surface area contributed by atoms with Gasteiger partial charge in [-0.1, -0.05) is 0 Å². The van der Waals surface area contributed by atoms with Crippen LogP contribution in [0.15, 0.2) is 28.6 Å². The van der Waals surface area contributed by atoms with Crippen molar-refractivity contribution in [3.63, 3.8) is 0 Å². The van der Waals surface area contributed by atoms with Crippen LogP contribution in [0.4, 0.5) is 10.0 Å². The molecular weight excluding hydrogens is 274 g/mol. The van der Waals surface area contributed by atoms with Crippen LogP contribution >= 0.6 is 22.7 Å². The molecule has 0 aromatic carbocycles. The zero-order valence-corrected chi connectivity index (χ0v) is 12.6. The first-order valence-electron chi connectivity index (χ1n) is 6.15. The highest BCUT2D eigenvalue weighted by atomic mass is 32.1. The molecule has 0 aliphatic rings. The number of hydrogen-bond acceptors (Lipinski definition) is 5. The van der Waals surface area contributed by atoms with Gasteiger partial charge in [0.2, 0.25) is 0 Å². The highest BCUT2D eigenvalue weighted by Crippen LogP contribution is 2.28. The average molecular weight is 289 g/mol. The first-order valence-corrected chi connectivity index (χ1v) is 7.84. The molecule has 2 aromatic rings. The first-order chi connectivity index (χ1) is 9.28. The molecule has 98 valence electrons. The molecule has 2 heterocycles. The van der Waals surface area contributed by atoms with Crippen LogP contribution in [0, 0.1) is 11.3 Å². The summed E-state index contributed by atoms with van der Waals surface area (Å²) in [5.74, 6) is 0. The molecule has 2 aromatic heterocycles. The van der Waals surface area contributed by atoms with Gasteiger partial charge in [0.1, 0.15) is 11.1 Å². The van der Waals surface area contributed by atoms with E-state index in [2.05, 4.69) is 41.9 Å². The minimum Gasteiger partial charge on any atom is -0.364 e. The van der Waals surface area contributed by atoms with Crippen molar-refractivity contribution in [2.45, 2.75) is 13.8 Å². The molecule has 0 unspecified atom stereocenters. The highest BCUT2D eigenvalue weighted by Gasteiger charge is 2.05. The van der Waals surface area contributed by atoms with E-state index in [0.717, 1.165) is 23.0 Å². The van der Waals surface area contributed by atoms with Crippen molar-refractivity contribution in [1.82, 2.24) is 0 Å². The largest absolute Gasteiger partial charge is 0.364 e. The van der Waals surface area contributed by atoms with Crippen LogP contribution in [0.1, 0.15) is 24.3 Å². The maximum absolute atomic E-state index is 8.92. The third-order valence-electron chi connectivity index (χ3n) is 2.76. The van der Waals surface area contributed by atoms with Gasteiger partial charge in [-0.15, -0.1) is 22.7 Å². The summed E-state index contributed by atoms with van der Waals surface area (Å²) >= 11 is 3.21. The molecule has 0 saturated carbocycles. The van der Waals surface area contributed by atoms with Gasteiger partial charge in [0, 0.05) is 24.2 Å². The molecule has 3 nitrogen and oxygen atoms in total. The third-order valence-corrected chi connectivity index (χ3v) is 4.66. The SMILES string of the molecule is CCN(CC)c1ccc(C=Nc2sccc2C#N)s1. The summed E-state index contributed by atoms with van der Waals surface area (Å²) in [6.07, 6.45) is 1.84. The Kier molecular flexibility index (Phi) is 4.72. The van der Waals surface area contributed by atoms with Crippen LogP contribution in [0.2, 0.25) is 0 Å². The quantitative estimate of drug-likeness (QED) is 0.771. The lowest BCUT2D eigenvalue weighted by Gasteiger charge is -2.17. The van der Waals surface area contributed by atoms with Gasteiger partial charge in [0.15, 0.2) is 0 Å². The topological polar surface area (TPSA) is 39.4 Å². The standard InChI is InChI=1S/C14H15N3S2/c1-3-17(4-2)13-6-5-12(19-13)10-16-14-11(9-15)7-8-18-14/h5-8,10H,3-4H2,1-2H3. The molecule has 0 amide bonds. The summed E-state index contributed by atoms with van der Waals surface area (Å²) in [5, 5.41) is 12.9. The molecule has 0 aliphatic heterocycles.